The number of hydrogen-bond acceptors (Lipinski definition) is 3. The molecular weight excluding hydrogens is 290 g/mol. The van der Waals surface area contributed by atoms with Crippen LogP contribution in [0.2, 0.25) is 0 Å². The lowest BCUT2D eigenvalue weighted by Crippen LogP contribution is -2.40. The largest absolute Gasteiger partial charge is 0.348 e. The van der Waals surface area contributed by atoms with E-state index in [-0.39, 0.29) is 12.0 Å². The van der Waals surface area contributed by atoms with Crippen molar-refractivity contribution in [2.75, 3.05) is 19.7 Å². The first-order valence-corrected chi connectivity index (χ1v) is 8.03. The Balaban J connectivity index is 1.77. The van der Waals surface area contributed by atoms with E-state index in [1.807, 2.05) is 49.9 Å². The second-order valence-corrected chi connectivity index (χ2v) is 6.97. The van der Waals surface area contributed by atoms with E-state index in [1.165, 1.54) is 0 Å². The molecule has 2 fully saturated rings. The van der Waals surface area contributed by atoms with Gasteiger partial charge in [0.25, 0.3) is 0 Å². The molecule has 1 aromatic carbocycles. The molecule has 0 saturated carbocycles. The Morgan fingerprint density at radius 2 is 2.09 bits per heavy atom. The van der Waals surface area contributed by atoms with Gasteiger partial charge >= 0.3 is 0 Å². The van der Waals surface area contributed by atoms with E-state index in [1.54, 1.807) is 0 Å². The van der Waals surface area contributed by atoms with Crippen molar-refractivity contribution in [2.24, 2.45) is 0 Å². The summed E-state index contributed by atoms with van der Waals surface area (Å²) in [6.07, 6.45) is 6.30. The summed E-state index contributed by atoms with van der Waals surface area (Å²) in [7, 11) is 0. The minimum absolute atomic E-state index is 0.0702. The zero-order valence-electron chi connectivity index (χ0n) is 14.0. The molecule has 0 aromatic heterocycles. The van der Waals surface area contributed by atoms with Gasteiger partial charge in [0.05, 0.1) is 12.0 Å². The first-order valence-electron chi connectivity index (χ1n) is 8.03. The normalized spacial score (nSPS) is 29.7. The van der Waals surface area contributed by atoms with Crippen molar-refractivity contribution in [1.82, 2.24) is 4.90 Å². The first-order chi connectivity index (χ1) is 10.9. The first kappa shape index (κ1) is 16.0. The summed E-state index contributed by atoms with van der Waals surface area (Å²) >= 11 is 0. The molecule has 122 valence electrons. The van der Waals surface area contributed by atoms with Crippen molar-refractivity contribution in [3.63, 3.8) is 0 Å². The highest BCUT2D eigenvalue weighted by molar-refractivity contribution is 5.90. The zero-order chi connectivity index (χ0) is 16.7. The molecule has 2 heterocycles. The second kappa shape index (κ2) is 5.67. The van der Waals surface area contributed by atoms with E-state index in [0.717, 1.165) is 17.5 Å². The molecule has 2 aliphatic rings. The molecule has 0 radical (unpaired) electrons. The van der Waals surface area contributed by atoms with Crippen LogP contribution in [0, 0.1) is 12.3 Å². The summed E-state index contributed by atoms with van der Waals surface area (Å²) in [6, 6.07) is 7.71. The summed E-state index contributed by atoms with van der Waals surface area (Å²) in [5.74, 6) is 2.26. The number of benzene rings is 1. The molecular formula is C19H23NO3. The molecule has 0 aliphatic carbocycles. The fourth-order valence-corrected chi connectivity index (χ4v) is 3.53. The molecule has 0 spiro atoms. The fraction of sp³-hybridized carbons (Fsp3) is 0.526. The molecule has 3 rings (SSSR count). The van der Waals surface area contributed by atoms with Crippen molar-refractivity contribution >= 4 is 5.91 Å². The van der Waals surface area contributed by atoms with Crippen molar-refractivity contribution in [2.45, 2.75) is 44.5 Å². The minimum atomic E-state index is -0.563. The van der Waals surface area contributed by atoms with Crippen molar-refractivity contribution in [1.29, 1.82) is 0 Å². The van der Waals surface area contributed by atoms with Gasteiger partial charge < -0.3 is 14.4 Å². The molecule has 1 aromatic rings. The molecule has 0 bridgehead atoms. The maximum atomic E-state index is 13.0. The number of nitrogens with zero attached hydrogens (tertiary/aromatic N) is 1. The fourth-order valence-electron chi connectivity index (χ4n) is 3.53. The van der Waals surface area contributed by atoms with Crippen LogP contribution in [0.15, 0.2) is 24.3 Å². The lowest BCUT2D eigenvalue weighted by atomic mass is 9.78. The Kier molecular flexibility index (Phi) is 3.95. The predicted molar refractivity (Wildman–Crippen MR) is 87.8 cm³/mol. The summed E-state index contributed by atoms with van der Waals surface area (Å²) in [5, 5.41) is 0. The SMILES string of the molecule is C#Cc1ccccc1C1(C)CCN(CC2COC(C)(C)O2)C1=O. The number of amides is 1. The zero-order valence-corrected chi connectivity index (χ0v) is 14.0. The third-order valence-corrected chi connectivity index (χ3v) is 4.81. The minimum Gasteiger partial charge on any atom is -0.348 e. The van der Waals surface area contributed by atoms with Crippen LogP contribution in [-0.4, -0.2) is 42.4 Å². The summed E-state index contributed by atoms with van der Waals surface area (Å²) in [6.45, 7) is 7.58. The van der Waals surface area contributed by atoms with Crippen LogP contribution in [0.3, 0.4) is 0 Å². The van der Waals surface area contributed by atoms with Gasteiger partial charge in [-0.1, -0.05) is 24.1 Å². The predicted octanol–water partition coefficient (Wildman–Crippen LogP) is 2.31. The molecule has 4 nitrogen and oxygen atoms in total. The van der Waals surface area contributed by atoms with Crippen molar-refractivity contribution in [3.05, 3.63) is 35.4 Å². The van der Waals surface area contributed by atoms with E-state index in [2.05, 4.69) is 5.92 Å². The topological polar surface area (TPSA) is 38.8 Å². The Labute approximate surface area is 137 Å². The number of terminal acetylenes is 1. The summed E-state index contributed by atoms with van der Waals surface area (Å²) in [4.78, 5) is 14.9. The summed E-state index contributed by atoms with van der Waals surface area (Å²) in [5.41, 5.74) is 1.18. The van der Waals surface area contributed by atoms with Crippen LogP contribution in [0.1, 0.15) is 38.3 Å². The van der Waals surface area contributed by atoms with Gasteiger partial charge in [-0.2, -0.15) is 0 Å². The van der Waals surface area contributed by atoms with Gasteiger partial charge in [-0.25, -0.2) is 0 Å². The van der Waals surface area contributed by atoms with Crippen LogP contribution in [-0.2, 0) is 19.7 Å². The lowest BCUT2D eigenvalue weighted by molar-refractivity contribution is -0.145. The Hall–Kier alpha value is -1.83. The average molecular weight is 313 g/mol. The molecule has 2 saturated heterocycles. The average Bonchev–Trinajstić information content (AvgIpc) is 3.02. The Morgan fingerprint density at radius 1 is 1.35 bits per heavy atom. The number of carbonyl (C=O) groups is 1. The summed E-state index contributed by atoms with van der Waals surface area (Å²) < 4.78 is 11.4. The van der Waals surface area contributed by atoms with Gasteiger partial charge in [-0.05, 0) is 38.8 Å². The van der Waals surface area contributed by atoms with Crippen LogP contribution >= 0.6 is 0 Å². The van der Waals surface area contributed by atoms with E-state index < -0.39 is 11.2 Å². The van der Waals surface area contributed by atoms with Gasteiger partial charge in [0.1, 0.15) is 6.10 Å². The maximum absolute atomic E-state index is 13.0. The smallest absolute Gasteiger partial charge is 0.233 e. The molecule has 2 aliphatic heterocycles. The third kappa shape index (κ3) is 2.87. The number of likely N-dealkylation sites (tertiary alicyclic amines) is 1. The molecule has 2 unspecified atom stereocenters. The van der Waals surface area contributed by atoms with Crippen molar-refractivity contribution < 1.29 is 14.3 Å². The van der Waals surface area contributed by atoms with Crippen LogP contribution in [0.5, 0.6) is 0 Å². The number of rotatable bonds is 3. The maximum Gasteiger partial charge on any atom is 0.233 e. The molecule has 2 atom stereocenters. The Morgan fingerprint density at radius 3 is 2.74 bits per heavy atom. The van der Waals surface area contributed by atoms with Crippen molar-refractivity contribution in [3.8, 4) is 12.3 Å². The highest BCUT2D eigenvalue weighted by Gasteiger charge is 2.46. The number of carbonyl (C=O) groups excluding carboxylic acids is 1. The Bertz CT molecular complexity index is 661. The highest BCUT2D eigenvalue weighted by atomic mass is 16.7. The van der Waals surface area contributed by atoms with E-state index in [0.29, 0.717) is 19.7 Å². The highest BCUT2D eigenvalue weighted by Crippen LogP contribution is 2.37. The monoisotopic (exact) mass is 313 g/mol. The van der Waals surface area contributed by atoms with E-state index >= 15 is 0 Å². The number of ether oxygens (including phenoxy) is 2. The molecule has 0 N–H and O–H groups in total. The second-order valence-electron chi connectivity index (χ2n) is 6.97. The third-order valence-electron chi connectivity index (χ3n) is 4.81. The van der Waals surface area contributed by atoms with Gasteiger partial charge in [0, 0.05) is 18.7 Å². The van der Waals surface area contributed by atoms with Gasteiger partial charge in [-0.15, -0.1) is 6.42 Å². The lowest BCUT2D eigenvalue weighted by Gasteiger charge is -2.26. The van der Waals surface area contributed by atoms with Crippen LogP contribution in [0.4, 0.5) is 0 Å². The molecule has 23 heavy (non-hydrogen) atoms. The van der Waals surface area contributed by atoms with Gasteiger partial charge in [0.2, 0.25) is 5.91 Å². The van der Waals surface area contributed by atoms with E-state index in [4.69, 9.17) is 15.9 Å². The number of hydrogen-bond donors (Lipinski definition) is 0. The van der Waals surface area contributed by atoms with Gasteiger partial charge in [0.15, 0.2) is 5.79 Å². The van der Waals surface area contributed by atoms with Crippen LogP contribution < -0.4 is 0 Å². The van der Waals surface area contributed by atoms with Crippen LogP contribution in [0.25, 0.3) is 0 Å². The van der Waals surface area contributed by atoms with E-state index in [9.17, 15) is 4.79 Å². The molecule has 1 amide bonds. The molecule has 4 heteroatoms. The quantitative estimate of drug-likeness (QED) is 0.804. The standard InChI is InChI=1S/C19H23NO3/c1-5-14-8-6-7-9-16(14)19(4)10-11-20(17(19)21)12-15-13-22-18(2,3)23-15/h1,6-9,15H,10-13H2,2-4H3. The van der Waals surface area contributed by atoms with Gasteiger partial charge in [-0.3, -0.25) is 4.79 Å².